The van der Waals surface area contributed by atoms with Gasteiger partial charge in [-0.25, -0.2) is 18.2 Å². The third-order valence-corrected chi connectivity index (χ3v) is 9.58. The number of nitrogens with one attached hydrogen (secondary N) is 2. The van der Waals surface area contributed by atoms with Crippen LogP contribution in [0.3, 0.4) is 0 Å². The Morgan fingerprint density at radius 2 is 1.89 bits per heavy atom. The molecule has 2 N–H and O–H groups in total. The first-order valence-corrected chi connectivity index (χ1v) is 14.2. The van der Waals surface area contributed by atoms with Gasteiger partial charge in [-0.1, -0.05) is 17.4 Å². The highest BCUT2D eigenvalue weighted by Crippen LogP contribution is 2.37. The van der Waals surface area contributed by atoms with Crippen LogP contribution in [0.4, 0.5) is 15.5 Å². The van der Waals surface area contributed by atoms with Crippen molar-refractivity contribution in [1.82, 2.24) is 15.2 Å². The van der Waals surface area contributed by atoms with Gasteiger partial charge >= 0.3 is 6.03 Å². The van der Waals surface area contributed by atoms with Crippen LogP contribution in [-0.4, -0.2) is 69.2 Å². The maximum atomic E-state index is 13.6. The predicted octanol–water partition coefficient (Wildman–Crippen LogP) is 3.89. The molecular formula is C25H31N5O4S2. The van der Waals surface area contributed by atoms with Gasteiger partial charge in [-0.2, -0.15) is 0 Å². The number of aromatic nitrogens is 1. The second-order valence-corrected chi connectivity index (χ2v) is 12.3. The van der Waals surface area contributed by atoms with Crippen molar-refractivity contribution >= 4 is 54.0 Å². The molecule has 1 saturated heterocycles. The van der Waals surface area contributed by atoms with E-state index in [2.05, 4.69) is 15.6 Å². The molecule has 3 aromatic rings. The van der Waals surface area contributed by atoms with Crippen molar-refractivity contribution in [3.63, 3.8) is 0 Å². The van der Waals surface area contributed by atoms with Crippen LogP contribution < -0.4 is 15.5 Å². The Balaban J connectivity index is 1.56. The number of thiophene rings is 1. The number of amides is 3. The fourth-order valence-corrected chi connectivity index (χ4v) is 7.21. The number of sulfone groups is 1. The number of hydrogen-bond acceptors (Lipinski definition) is 7. The number of rotatable bonds is 6. The minimum absolute atomic E-state index is 0.232. The molecule has 4 rings (SSSR count). The van der Waals surface area contributed by atoms with Gasteiger partial charge in [0.2, 0.25) is 0 Å². The van der Waals surface area contributed by atoms with Gasteiger partial charge in [0.05, 0.1) is 15.7 Å². The summed E-state index contributed by atoms with van der Waals surface area (Å²) in [4.78, 5) is 34.9. The lowest BCUT2D eigenvalue weighted by molar-refractivity contribution is 0.0729. The summed E-state index contributed by atoms with van der Waals surface area (Å²) in [5.74, 6) is -0.232. The van der Waals surface area contributed by atoms with Gasteiger partial charge in [0, 0.05) is 50.5 Å². The van der Waals surface area contributed by atoms with Crippen LogP contribution in [0.2, 0.25) is 0 Å². The molecule has 0 atom stereocenters. The van der Waals surface area contributed by atoms with Crippen LogP contribution in [0, 0.1) is 6.92 Å². The van der Waals surface area contributed by atoms with Crippen LogP contribution in [0.1, 0.15) is 35.8 Å². The molecule has 1 aliphatic rings. The average Bonchev–Trinajstić information content (AvgIpc) is 3.20. The summed E-state index contributed by atoms with van der Waals surface area (Å²) in [6.45, 7) is 4.77. The number of aryl methyl sites for hydroxylation is 1. The maximum absolute atomic E-state index is 13.6. The number of urea groups is 1. The van der Waals surface area contributed by atoms with Crippen molar-refractivity contribution < 1.29 is 18.0 Å². The van der Waals surface area contributed by atoms with E-state index in [1.165, 1.54) is 11.3 Å². The number of carbonyl (C=O) groups excluding carboxylic acids is 2. The van der Waals surface area contributed by atoms with Crippen LogP contribution in [0.25, 0.3) is 10.2 Å². The SMILES string of the molecule is CCNC(=O)Nc1sc2nc(C)ccc2c1C(=O)N1CCC(S(=O)(=O)c2cccc(N(C)C)c2)CC1. The molecule has 11 heteroatoms. The normalized spacial score (nSPS) is 14.6. The molecule has 2 aromatic heterocycles. The van der Waals surface area contributed by atoms with Crippen LogP contribution in [0.5, 0.6) is 0 Å². The Hall–Kier alpha value is -3.18. The van der Waals surface area contributed by atoms with Crippen LogP contribution in [0.15, 0.2) is 41.3 Å². The Bertz CT molecular complexity index is 1390. The Kier molecular flexibility index (Phi) is 7.51. The van der Waals surface area contributed by atoms with Gasteiger partial charge in [-0.05, 0) is 57.0 Å². The second kappa shape index (κ2) is 10.4. The minimum Gasteiger partial charge on any atom is -0.378 e. The highest BCUT2D eigenvalue weighted by molar-refractivity contribution is 7.92. The van der Waals surface area contributed by atoms with E-state index in [1.807, 2.05) is 51.0 Å². The highest BCUT2D eigenvalue weighted by Gasteiger charge is 2.34. The molecular weight excluding hydrogens is 498 g/mol. The molecule has 0 unspecified atom stereocenters. The van der Waals surface area contributed by atoms with E-state index in [0.717, 1.165) is 11.4 Å². The molecule has 3 amide bonds. The Morgan fingerprint density at radius 1 is 1.17 bits per heavy atom. The zero-order valence-electron chi connectivity index (χ0n) is 20.9. The van der Waals surface area contributed by atoms with Gasteiger partial charge in [0.1, 0.15) is 9.83 Å². The first kappa shape index (κ1) is 25.9. The number of anilines is 2. The molecule has 1 aliphatic heterocycles. The summed E-state index contributed by atoms with van der Waals surface area (Å²) in [5.41, 5.74) is 2.04. The third kappa shape index (κ3) is 5.17. The highest BCUT2D eigenvalue weighted by atomic mass is 32.2. The summed E-state index contributed by atoms with van der Waals surface area (Å²) in [6, 6.07) is 10.2. The third-order valence-electron chi connectivity index (χ3n) is 6.30. The van der Waals surface area contributed by atoms with Crippen molar-refractivity contribution in [2.45, 2.75) is 36.8 Å². The van der Waals surface area contributed by atoms with E-state index in [0.29, 0.717) is 58.2 Å². The molecule has 0 radical (unpaired) electrons. The van der Waals surface area contributed by atoms with E-state index in [-0.39, 0.29) is 11.9 Å². The van der Waals surface area contributed by atoms with Gasteiger partial charge < -0.3 is 15.1 Å². The average molecular weight is 530 g/mol. The largest absolute Gasteiger partial charge is 0.378 e. The van der Waals surface area contributed by atoms with Crippen molar-refractivity contribution in [2.24, 2.45) is 0 Å². The summed E-state index contributed by atoms with van der Waals surface area (Å²) >= 11 is 1.26. The number of hydrogen-bond donors (Lipinski definition) is 2. The molecule has 0 bridgehead atoms. The summed E-state index contributed by atoms with van der Waals surface area (Å²) in [5, 5.41) is 6.03. The van der Waals surface area contributed by atoms with E-state index in [9.17, 15) is 18.0 Å². The zero-order chi connectivity index (χ0) is 26.0. The number of carbonyl (C=O) groups is 2. The van der Waals surface area contributed by atoms with Gasteiger partial charge in [-0.15, -0.1) is 0 Å². The maximum Gasteiger partial charge on any atom is 0.319 e. The molecule has 0 saturated carbocycles. The van der Waals surface area contributed by atoms with Crippen molar-refractivity contribution in [1.29, 1.82) is 0 Å². The lowest BCUT2D eigenvalue weighted by Gasteiger charge is -2.32. The Morgan fingerprint density at radius 3 is 2.56 bits per heavy atom. The van der Waals surface area contributed by atoms with Gasteiger partial charge in [-0.3, -0.25) is 10.1 Å². The molecule has 1 aromatic carbocycles. The van der Waals surface area contributed by atoms with Crippen molar-refractivity contribution in [3.8, 4) is 0 Å². The lowest BCUT2D eigenvalue weighted by Crippen LogP contribution is -2.42. The predicted molar refractivity (Wildman–Crippen MR) is 144 cm³/mol. The lowest BCUT2D eigenvalue weighted by atomic mass is 10.1. The van der Waals surface area contributed by atoms with E-state index < -0.39 is 15.1 Å². The number of benzene rings is 1. The quantitative estimate of drug-likeness (QED) is 0.501. The zero-order valence-corrected chi connectivity index (χ0v) is 22.5. The van der Waals surface area contributed by atoms with E-state index >= 15 is 0 Å². The number of pyridine rings is 1. The van der Waals surface area contributed by atoms with Gasteiger partial charge in [0.15, 0.2) is 9.84 Å². The molecule has 3 heterocycles. The Labute approximate surface area is 215 Å². The number of nitrogens with zero attached hydrogens (tertiary/aromatic N) is 3. The molecule has 0 spiro atoms. The van der Waals surface area contributed by atoms with Crippen LogP contribution >= 0.6 is 11.3 Å². The minimum atomic E-state index is -3.53. The van der Waals surface area contributed by atoms with Crippen molar-refractivity contribution in [3.05, 3.63) is 47.7 Å². The summed E-state index contributed by atoms with van der Waals surface area (Å²) in [7, 11) is 0.213. The molecule has 192 valence electrons. The standard InChI is InChI=1S/C25H31N5O4S2/c1-5-26-25(32)28-23-21(20-10-9-16(2)27-22(20)35-23)24(31)30-13-11-18(12-14-30)36(33,34)19-8-6-7-17(15-19)29(3)4/h6-10,15,18H,5,11-14H2,1-4H3,(H2,26,28,32). The fraction of sp³-hybridized carbons (Fsp3) is 0.400. The molecule has 1 fully saturated rings. The second-order valence-electron chi connectivity index (χ2n) is 9.02. The smallest absolute Gasteiger partial charge is 0.319 e. The first-order valence-electron chi connectivity index (χ1n) is 11.9. The first-order chi connectivity index (χ1) is 17.1. The van der Waals surface area contributed by atoms with E-state index in [1.54, 1.807) is 23.1 Å². The summed E-state index contributed by atoms with van der Waals surface area (Å²) in [6.07, 6.45) is 0.692. The molecule has 36 heavy (non-hydrogen) atoms. The molecule has 0 aliphatic carbocycles. The number of piperidine rings is 1. The number of likely N-dealkylation sites (tertiary alicyclic amines) is 1. The topological polar surface area (TPSA) is 112 Å². The van der Waals surface area contributed by atoms with Crippen molar-refractivity contribution in [2.75, 3.05) is 43.9 Å². The number of fused-ring (bicyclic) bond motifs is 1. The van der Waals surface area contributed by atoms with Crippen LogP contribution in [-0.2, 0) is 9.84 Å². The summed E-state index contributed by atoms with van der Waals surface area (Å²) < 4.78 is 26.7. The monoisotopic (exact) mass is 529 g/mol. The molecule has 9 nitrogen and oxygen atoms in total. The van der Waals surface area contributed by atoms with E-state index in [4.69, 9.17) is 0 Å². The van der Waals surface area contributed by atoms with Gasteiger partial charge in [0.25, 0.3) is 5.91 Å². The fourth-order valence-electron chi connectivity index (χ4n) is 4.34.